The monoisotopic (exact) mass is 151 g/mol. The molecule has 0 spiro atoms. The lowest BCUT2D eigenvalue weighted by atomic mass is 10.2. The zero-order valence-corrected chi connectivity index (χ0v) is 6.63. The Balaban J connectivity index is 4.14. The highest BCUT2D eigenvalue weighted by atomic mass is 28.4. The molecule has 0 rings (SSSR count). The number of nitrogens with two attached hydrogens (primary N) is 1. The Morgan fingerprint density at radius 2 is 1.67 bits per heavy atom. The van der Waals surface area contributed by atoms with Crippen molar-refractivity contribution in [1.29, 1.82) is 0 Å². The van der Waals surface area contributed by atoms with E-state index in [4.69, 9.17) is 20.1 Å². The van der Waals surface area contributed by atoms with Crippen molar-refractivity contribution in [2.75, 3.05) is 6.54 Å². The van der Waals surface area contributed by atoms with Gasteiger partial charge in [-0.2, -0.15) is 0 Å². The van der Waals surface area contributed by atoms with E-state index in [1.165, 1.54) is 13.8 Å². The quantitative estimate of drug-likeness (QED) is 0.367. The van der Waals surface area contributed by atoms with Gasteiger partial charge < -0.3 is 20.1 Å². The molecule has 0 aliphatic carbocycles. The van der Waals surface area contributed by atoms with Crippen LogP contribution in [0, 0.1) is 0 Å². The van der Waals surface area contributed by atoms with Crippen LogP contribution in [0.3, 0.4) is 0 Å². The zero-order chi connectivity index (χ0) is 7.71. The molecule has 0 fully saturated rings. The lowest BCUT2D eigenvalue weighted by molar-refractivity contribution is 0.188. The van der Waals surface area contributed by atoms with Gasteiger partial charge in [-0.3, -0.25) is 0 Å². The third kappa shape index (κ3) is 2.03. The second kappa shape index (κ2) is 2.35. The molecule has 0 aliphatic heterocycles. The zero-order valence-electron chi connectivity index (χ0n) is 5.63. The van der Waals surface area contributed by atoms with Crippen molar-refractivity contribution in [1.82, 2.24) is 0 Å². The fourth-order valence-corrected chi connectivity index (χ4v) is 0.411. The standard InChI is InChI=1S/C4H13NO3Si/c1-4(2,3-5)9(6,7)8/h6-8H,3,5H2,1-2H3. The molecule has 56 valence electrons. The van der Waals surface area contributed by atoms with Crippen molar-refractivity contribution in [2.24, 2.45) is 5.73 Å². The summed E-state index contributed by atoms with van der Waals surface area (Å²) >= 11 is 0. The minimum Gasteiger partial charge on any atom is -0.390 e. The normalized spacial score (nSPS) is 14.0. The number of hydrogen-bond donors (Lipinski definition) is 4. The van der Waals surface area contributed by atoms with E-state index in [-0.39, 0.29) is 6.54 Å². The smallest absolute Gasteiger partial charge is 0.390 e. The van der Waals surface area contributed by atoms with Crippen LogP contribution < -0.4 is 5.73 Å². The highest BCUT2D eigenvalue weighted by Gasteiger charge is 2.45. The Morgan fingerprint density at radius 1 is 1.33 bits per heavy atom. The molecule has 0 unspecified atom stereocenters. The molecule has 0 atom stereocenters. The predicted octanol–water partition coefficient (Wildman–Crippen LogP) is -1.36. The van der Waals surface area contributed by atoms with E-state index in [9.17, 15) is 0 Å². The van der Waals surface area contributed by atoms with Crippen molar-refractivity contribution in [3.63, 3.8) is 0 Å². The SMILES string of the molecule is CC(C)(CN)[Si](O)(O)O. The van der Waals surface area contributed by atoms with Crippen molar-refractivity contribution in [3.05, 3.63) is 0 Å². The molecule has 0 saturated carbocycles. The highest BCUT2D eigenvalue weighted by molar-refractivity contribution is 6.59. The van der Waals surface area contributed by atoms with Crippen LogP contribution in [-0.2, 0) is 0 Å². The largest absolute Gasteiger partial charge is 0.500 e. The van der Waals surface area contributed by atoms with E-state index in [0.717, 1.165) is 0 Å². The van der Waals surface area contributed by atoms with Crippen molar-refractivity contribution in [3.8, 4) is 0 Å². The van der Waals surface area contributed by atoms with Crippen molar-refractivity contribution in [2.45, 2.75) is 18.9 Å². The maximum atomic E-state index is 8.72. The van der Waals surface area contributed by atoms with Gasteiger partial charge in [0.15, 0.2) is 0 Å². The second-order valence-corrected chi connectivity index (χ2v) is 5.35. The van der Waals surface area contributed by atoms with E-state index in [1.54, 1.807) is 0 Å². The minimum atomic E-state index is -4.01. The molecule has 0 aromatic heterocycles. The van der Waals surface area contributed by atoms with Crippen LogP contribution >= 0.6 is 0 Å². The Bertz CT molecular complexity index is 98.5. The van der Waals surface area contributed by atoms with Gasteiger partial charge >= 0.3 is 8.80 Å². The number of rotatable bonds is 2. The third-order valence-electron chi connectivity index (χ3n) is 1.42. The van der Waals surface area contributed by atoms with Gasteiger partial charge in [0.05, 0.1) is 0 Å². The van der Waals surface area contributed by atoms with Gasteiger partial charge in [-0.15, -0.1) is 0 Å². The molecule has 0 aromatic rings. The fourth-order valence-electron chi connectivity index (χ4n) is 0.137. The summed E-state index contributed by atoms with van der Waals surface area (Å²) in [7, 11) is -4.01. The Kier molecular flexibility index (Phi) is 2.37. The van der Waals surface area contributed by atoms with Crippen molar-refractivity contribution < 1.29 is 14.4 Å². The van der Waals surface area contributed by atoms with Crippen LogP contribution in [0.4, 0.5) is 0 Å². The Morgan fingerprint density at radius 3 is 1.67 bits per heavy atom. The molecular formula is C4H13NO3Si. The van der Waals surface area contributed by atoms with Gasteiger partial charge in [-0.05, 0) is 0 Å². The molecule has 4 nitrogen and oxygen atoms in total. The maximum absolute atomic E-state index is 8.72. The summed E-state index contributed by atoms with van der Waals surface area (Å²) in [5, 5.41) is -0.938. The average molecular weight is 151 g/mol. The van der Waals surface area contributed by atoms with Gasteiger partial charge in [0, 0.05) is 11.6 Å². The molecule has 9 heavy (non-hydrogen) atoms. The average Bonchev–Trinajstić information content (AvgIpc) is 1.64. The first kappa shape index (κ1) is 9.06. The van der Waals surface area contributed by atoms with E-state index >= 15 is 0 Å². The predicted molar refractivity (Wildman–Crippen MR) is 35.5 cm³/mol. The van der Waals surface area contributed by atoms with Crippen LogP contribution in [-0.4, -0.2) is 29.7 Å². The molecule has 5 heteroatoms. The second-order valence-electron chi connectivity index (χ2n) is 2.72. The lowest BCUT2D eigenvalue weighted by Gasteiger charge is -2.27. The summed E-state index contributed by atoms with van der Waals surface area (Å²) in [6, 6.07) is 0. The van der Waals surface area contributed by atoms with E-state index in [2.05, 4.69) is 0 Å². The van der Waals surface area contributed by atoms with Crippen LogP contribution in [0.1, 0.15) is 13.8 Å². The minimum absolute atomic E-state index is 0.0721. The summed E-state index contributed by atoms with van der Waals surface area (Å²) in [5.74, 6) is 0. The molecule has 0 saturated heterocycles. The lowest BCUT2D eigenvalue weighted by Crippen LogP contribution is -2.49. The van der Waals surface area contributed by atoms with E-state index < -0.39 is 13.8 Å². The molecule has 0 amide bonds. The fraction of sp³-hybridized carbons (Fsp3) is 1.00. The van der Waals surface area contributed by atoms with Gasteiger partial charge in [-0.1, -0.05) is 13.8 Å². The van der Waals surface area contributed by atoms with E-state index in [1.807, 2.05) is 0 Å². The van der Waals surface area contributed by atoms with Crippen LogP contribution in [0.2, 0.25) is 5.04 Å². The Hall–Kier alpha value is 0.0569. The molecular weight excluding hydrogens is 138 g/mol. The van der Waals surface area contributed by atoms with Gasteiger partial charge in [-0.25, -0.2) is 0 Å². The Labute approximate surface area is 55.3 Å². The first-order valence-electron chi connectivity index (χ1n) is 2.68. The maximum Gasteiger partial charge on any atom is 0.500 e. The third-order valence-corrected chi connectivity index (χ3v) is 3.44. The van der Waals surface area contributed by atoms with Crippen molar-refractivity contribution >= 4 is 8.80 Å². The first-order valence-corrected chi connectivity index (χ1v) is 4.52. The van der Waals surface area contributed by atoms with Crippen LogP contribution in [0.15, 0.2) is 0 Å². The number of hydrogen-bond acceptors (Lipinski definition) is 4. The van der Waals surface area contributed by atoms with Crippen LogP contribution in [0.5, 0.6) is 0 Å². The summed E-state index contributed by atoms with van der Waals surface area (Å²) in [5.41, 5.74) is 5.15. The summed E-state index contributed by atoms with van der Waals surface area (Å²) < 4.78 is 0. The molecule has 5 N–H and O–H groups in total. The summed E-state index contributed by atoms with van der Waals surface area (Å²) in [6.45, 7) is 3.10. The molecule has 0 heterocycles. The highest BCUT2D eigenvalue weighted by Crippen LogP contribution is 2.28. The molecule has 0 radical (unpaired) electrons. The molecule has 0 bridgehead atoms. The van der Waals surface area contributed by atoms with Crippen LogP contribution in [0.25, 0.3) is 0 Å². The topological polar surface area (TPSA) is 86.7 Å². The van der Waals surface area contributed by atoms with Gasteiger partial charge in [0.2, 0.25) is 0 Å². The summed E-state index contributed by atoms with van der Waals surface area (Å²) in [6.07, 6.45) is 0. The summed E-state index contributed by atoms with van der Waals surface area (Å²) in [4.78, 5) is 26.1. The van der Waals surface area contributed by atoms with E-state index in [0.29, 0.717) is 0 Å². The van der Waals surface area contributed by atoms with Gasteiger partial charge in [0.1, 0.15) is 0 Å². The first-order chi connectivity index (χ1) is 3.81. The van der Waals surface area contributed by atoms with Gasteiger partial charge in [0.25, 0.3) is 0 Å². The molecule has 0 aliphatic rings. The molecule has 0 aromatic carbocycles.